The summed E-state index contributed by atoms with van der Waals surface area (Å²) in [5.41, 5.74) is 2.14. The molecule has 0 aromatic heterocycles. The molecule has 0 spiro atoms. The number of carboxylic acids is 1. The zero-order chi connectivity index (χ0) is 16.4. The lowest BCUT2D eigenvalue weighted by Gasteiger charge is -2.27. The van der Waals surface area contributed by atoms with Gasteiger partial charge in [-0.25, -0.2) is 4.79 Å². The molecule has 1 unspecified atom stereocenters. The summed E-state index contributed by atoms with van der Waals surface area (Å²) in [6, 6.07) is 8.23. The van der Waals surface area contributed by atoms with E-state index in [4.69, 9.17) is 0 Å². The van der Waals surface area contributed by atoms with E-state index in [0.29, 0.717) is 24.5 Å². The number of hydrogen-bond acceptors (Lipinski definition) is 4. The number of piperidine rings is 1. The fourth-order valence-electron chi connectivity index (χ4n) is 2.86. The Morgan fingerprint density at radius 3 is 2.43 bits per heavy atom. The van der Waals surface area contributed by atoms with Crippen LogP contribution in [0.4, 0.5) is 5.69 Å². The van der Waals surface area contributed by atoms with Gasteiger partial charge in [-0.3, -0.25) is 9.80 Å². The zero-order valence-corrected chi connectivity index (χ0v) is 12.8. The molecule has 6 heteroatoms. The number of hydrazone groups is 1. The lowest BCUT2D eigenvalue weighted by atomic mass is 10.0. The molecular formula is C17H19N3O3. The Balaban J connectivity index is 1.81. The Hall–Kier alpha value is -2.63. The lowest BCUT2D eigenvalue weighted by Crippen LogP contribution is -2.40. The maximum atomic E-state index is 12.6. The van der Waals surface area contributed by atoms with E-state index in [1.807, 2.05) is 18.2 Å². The van der Waals surface area contributed by atoms with Gasteiger partial charge in [0, 0.05) is 19.5 Å². The number of rotatable bonds is 3. The highest BCUT2D eigenvalue weighted by Gasteiger charge is 2.37. The van der Waals surface area contributed by atoms with Gasteiger partial charge < -0.3 is 10.0 Å². The van der Waals surface area contributed by atoms with Gasteiger partial charge >= 0.3 is 5.97 Å². The van der Waals surface area contributed by atoms with Crippen LogP contribution in [0.2, 0.25) is 0 Å². The molecule has 0 aliphatic carbocycles. The van der Waals surface area contributed by atoms with E-state index in [2.05, 4.69) is 11.7 Å². The molecule has 1 aromatic rings. The van der Waals surface area contributed by atoms with Gasteiger partial charge in [-0.1, -0.05) is 30.4 Å². The molecule has 1 aromatic carbocycles. The lowest BCUT2D eigenvalue weighted by molar-refractivity contribution is -0.138. The predicted molar refractivity (Wildman–Crippen MR) is 87.4 cm³/mol. The van der Waals surface area contributed by atoms with Crippen LogP contribution in [0.1, 0.15) is 19.3 Å². The largest absolute Gasteiger partial charge is 0.480 e. The molecule has 2 heterocycles. The summed E-state index contributed by atoms with van der Waals surface area (Å²) in [6.07, 6.45) is 1.72. The van der Waals surface area contributed by atoms with Crippen molar-refractivity contribution in [2.75, 3.05) is 18.1 Å². The third-order valence-corrected chi connectivity index (χ3v) is 4.22. The van der Waals surface area contributed by atoms with Crippen molar-refractivity contribution in [1.29, 1.82) is 0 Å². The first kappa shape index (κ1) is 15.3. The Kier molecular flexibility index (Phi) is 4.14. The molecule has 0 radical (unpaired) electrons. The summed E-state index contributed by atoms with van der Waals surface area (Å²) in [4.78, 5) is 25.9. The number of aliphatic carboxylic acids is 1. The second-order valence-corrected chi connectivity index (χ2v) is 5.83. The van der Waals surface area contributed by atoms with Crippen LogP contribution in [-0.4, -0.2) is 46.7 Å². The molecule has 0 bridgehead atoms. The number of carbonyl (C=O) groups excluding carboxylic acids is 1. The van der Waals surface area contributed by atoms with E-state index in [0.717, 1.165) is 18.4 Å². The fraction of sp³-hybridized carbons (Fsp3) is 0.353. The van der Waals surface area contributed by atoms with Gasteiger partial charge in [-0.15, -0.1) is 0 Å². The SMILES string of the molecule is C=C1CCN(C(=O)C2=NN(c3ccccc3)C(C(=O)O)C2)CC1. The molecule has 120 valence electrons. The smallest absolute Gasteiger partial charge is 0.328 e. The Morgan fingerprint density at radius 1 is 1.17 bits per heavy atom. The quantitative estimate of drug-likeness (QED) is 0.865. The van der Waals surface area contributed by atoms with Gasteiger partial charge in [0.05, 0.1) is 5.69 Å². The van der Waals surface area contributed by atoms with Crippen LogP contribution in [0, 0.1) is 0 Å². The number of nitrogens with zero attached hydrogens (tertiary/aromatic N) is 3. The first-order valence-electron chi connectivity index (χ1n) is 7.67. The summed E-state index contributed by atoms with van der Waals surface area (Å²) in [5, 5.41) is 15.2. The van der Waals surface area contributed by atoms with Crippen molar-refractivity contribution in [3.05, 3.63) is 42.5 Å². The number of benzene rings is 1. The van der Waals surface area contributed by atoms with Gasteiger partial charge in [0.1, 0.15) is 5.71 Å². The third-order valence-electron chi connectivity index (χ3n) is 4.22. The molecular weight excluding hydrogens is 294 g/mol. The highest BCUT2D eigenvalue weighted by Crippen LogP contribution is 2.26. The molecule has 1 amide bonds. The molecule has 1 fully saturated rings. The van der Waals surface area contributed by atoms with E-state index < -0.39 is 12.0 Å². The minimum absolute atomic E-state index is 0.126. The average molecular weight is 313 g/mol. The van der Waals surface area contributed by atoms with Gasteiger partial charge in [-0.2, -0.15) is 5.10 Å². The second kappa shape index (κ2) is 6.24. The highest BCUT2D eigenvalue weighted by molar-refractivity contribution is 6.40. The molecule has 3 rings (SSSR count). The average Bonchev–Trinajstić information content (AvgIpc) is 3.01. The van der Waals surface area contributed by atoms with Crippen molar-refractivity contribution < 1.29 is 14.7 Å². The monoisotopic (exact) mass is 313 g/mol. The maximum Gasteiger partial charge on any atom is 0.328 e. The third kappa shape index (κ3) is 3.11. The number of amides is 1. The summed E-state index contributed by atoms with van der Waals surface area (Å²) >= 11 is 0. The first-order valence-corrected chi connectivity index (χ1v) is 7.67. The Bertz CT molecular complexity index is 659. The Labute approximate surface area is 134 Å². The number of para-hydroxylation sites is 1. The molecule has 1 N–H and O–H groups in total. The molecule has 2 aliphatic rings. The van der Waals surface area contributed by atoms with Crippen LogP contribution in [0.3, 0.4) is 0 Å². The highest BCUT2D eigenvalue weighted by atomic mass is 16.4. The number of carboxylic acid groups (broad SMARTS) is 1. The number of anilines is 1. The normalized spacial score (nSPS) is 21.3. The summed E-state index contributed by atoms with van der Waals surface area (Å²) in [5.74, 6) is -1.14. The standard InChI is InChI=1S/C17H19N3O3/c1-12-7-9-19(10-8-12)16(21)14-11-15(17(22)23)20(18-14)13-5-3-2-4-6-13/h2-6,15H,1,7-11H2,(H,22,23). The van der Waals surface area contributed by atoms with Gasteiger partial charge in [0.25, 0.3) is 5.91 Å². The fourth-order valence-corrected chi connectivity index (χ4v) is 2.86. The summed E-state index contributed by atoms with van der Waals surface area (Å²) in [7, 11) is 0. The van der Waals surface area contributed by atoms with Crippen LogP contribution >= 0.6 is 0 Å². The molecule has 0 saturated carbocycles. The first-order chi connectivity index (χ1) is 11.1. The van der Waals surface area contributed by atoms with E-state index >= 15 is 0 Å². The van der Waals surface area contributed by atoms with E-state index in [1.165, 1.54) is 5.01 Å². The van der Waals surface area contributed by atoms with Crippen molar-refractivity contribution >= 4 is 23.3 Å². The summed E-state index contributed by atoms with van der Waals surface area (Å²) in [6.45, 7) is 5.19. The van der Waals surface area contributed by atoms with Crippen molar-refractivity contribution in [3.8, 4) is 0 Å². The maximum absolute atomic E-state index is 12.6. The molecule has 1 atom stereocenters. The zero-order valence-electron chi connectivity index (χ0n) is 12.8. The van der Waals surface area contributed by atoms with Crippen molar-refractivity contribution in [2.24, 2.45) is 5.10 Å². The molecule has 2 aliphatic heterocycles. The topological polar surface area (TPSA) is 73.2 Å². The van der Waals surface area contributed by atoms with Crippen molar-refractivity contribution in [1.82, 2.24) is 4.90 Å². The van der Waals surface area contributed by atoms with Crippen LogP contribution < -0.4 is 5.01 Å². The van der Waals surface area contributed by atoms with Gasteiger partial charge in [0.2, 0.25) is 0 Å². The minimum atomic E-state index is -0.979. The van der Waals surface area contributed by atoms with Gasteiger partial charge in [-0.05, 0) is 25.0 Å². The number of likely N-dealkylation sites (tertiary alicyclic amines) is 1. The van der Waals surface area contributed by atoms with Crippen LogP contribution in [-0.2, 0) is 9.59 Å². The predicted octanol–water partition coefficient (Wildman–Crippen LogP) is 1.88. The van der Waals surface area contributed by atoms with E-state index in [9.17, 15) is 14.7 Å². The van der Waals surface area contributed by atoms with Crippen LogP contribution in [0.25, 0.3) is 0 Å². The van der Waals surface area contributed by atoms with E-state index in [-0.39, 0.29) is 12.3 Å². The number of hydrogen-bond donors (Lipinski definition) is 1. The number of carbonyl (C=O) groups is 2. The summed E-state index contributed by atoms with van der Waals surface area (Å²) < 4.78 is 0. The van der Waals surface area contributed by atoms with Crippen LogP contribution in [0.15, 0.2) is 47.6 Å². The van der Waals surface area contributed by atoms with E-state index in [1.54, 1.807) is 17.0 Å². The van der Waals surface area contributed by atoms with Crippen molar-refractivity contribution in [3.63, 3.8) is 0 Å². The second-order valence-electron chi connectivity index (χ2n) is 5.83. The van der Waals surface area contributed by atoms with Crippen LogP contribution in [0.5, 0.6) is 0 Å². The van der Waals surface area contributed by atoms with Gasteiger partial charge in [0.15, 0.2) is 6.04 Å². The molecule has 1 saturated heterocycles. The Morgan fingerprint density at radius 2 is 1.83 bits per heavy atom. The van der Waals surface area contributed by atoms with Crippen molar-refractivity contribution in [2.45, 2.75) is 25.3 Å². The molecule has 23 heavy (non-hydrogen) atoms. The molecule has 6 nitrogen and oxygen atoms in total. The minimum Gasteiger partial charge on any atom is -0.480 e.